The molecular weight excluding hydrogens is 352 g/mol. The predicted molar refractivity (Wildman–Crippen MR) is 89.1 cm³/mol. The Hall–Kier alpha value is -1.84. The average molecular weight is 371 g/mol. The van der Waals surface area contributed by atoms with Gasteiger partial charge in [0.1, 0.15) is 24.4 Å². The number of alkyl halides is 1. The van der Waals surface area contributed by atoms with Crippen LogP contribution < -0.4 is 10.1 Å². The van der Waals surface area contributed by atoms with Crippen LogP contribution in [0, 0.1) is 0 Å². The summed E-state index contributed by atoms with van der Waals surface area (Å²) < 4.78 is 11.2. The van der Waals surface area contributed by atoms with Gasteiger partial charge in [0, 0.05) is 23.9 Å². The number of ether oxygens (including phenoxy) is 2. The smallest absolute Gasteiger partial charge is 0.225 e. The first-order valence-corrected chi connectivity index (χ1v) is 8.15. The van der Waals surface area contributed by atoms with E-state index in [-0.39, 0.29) is 0 Å². The topological polar surface area (TPSA) is 124 Å². The van der Waals surface area contributed by atoms with Gasteiger partial charge in [-0.2, -0.15) is 0 Å². The summed E-state index contributed by atoms with van der Waals surface area (Å²) in [6.45, 7) is 1.27. The van der Waals surface area contributed by atoms with Crippen molar-refractivity contribution in [2.45, 2.75) is 43.1 Å². The average Bonchev–Trinajstić information content (AvgIpc) is 2.96. The van der Waals surface area contributed by atoms with Crippen molar-refractivity contribution in [3.63, 3.8) is 0 Å². The third-order valence-corrected chi connectivity index (χ3v) is 4.28. The molecule has 0 spiro atoms. The lowest BCUT2D eigenvalue weighted by molar-refractivity contribution is -0.249. The van der Waals surface area contributed by atoms with Gasteiger partial charge in [-0.15, -0.1) is 0 Å². The van der Waals surface area contributed by atoms with Gasteiger partial charge in [-0.3, -0.25) is 4.79 Å². The zero-order valence-electron chi connectivity index (χ0n) is 13.3. The second-order valence-electron chi connectivity index (χ2n) is 5.89. The lowest BCUT2D eigenvalue weighted by Crippen LogP contribution is -2.66. The van der Waals surface area contributed by atoms with E-state index in [4.69, 9.17) is 21.1 Å². The Balaban J connectivity index is 1.86. The van der Waals surface area contributed by atoms with Crippen LogP contribution in [0.15, 0.2) is 30.3 Å². The second-order valence-corrected chi connectivity index (χ2v) is 6.34. The number of amides is 1. The molecule has 2 aromatic rings. The van der Waals surface area contributed by atoms with Crippen molar-refractivity contribution in [2.24, 2.45) is 0 Å². The molecule has 1 aromatic carbocycles. The number of aliphatic hydroxyl groups is 3. The van der Waals surface area contributed by atoms with Crippen LogP contribution in [0.1, 0.15) is 6.92 Å². The normalized spacial score (nSPS) is 30.8. The molecular formula is C16H19ClN2O6. The first-order chi connectivity index (χ1) is 11.9. The largest absolute Gasteiger partial charge is 0.447 e. The molecule has 3 rings (SSSR count). The maximum Gasteiger partial charge on any atom is 0.225 e. The zero-order chi connectivity index (χ0) is 18.1. The number of hydrogen-bond donors (Lipinski definition) is 5. The van der Waals surface area contributed by atoms with E-state index in [9.17, 15) is 20.1 Å². The minimum absolute atomic E-state index is 0.341. The Bertz CT molecular complexity index is 718. The number of nitrogens with one attached hydrogen (secondary N) is 2. The number of carbonyl (C=O) groups is 1. The lowest BCUT2D eigenvalue weighted by Gasteiger charge is -2.42. The summed E-state index contributed by atoms with van der Waals surface area (Å²) >= 11 is 5.61. The predicted octanol–water partition coefficient (Wildman–Crippen LogP) is 0.0553. The Morgan fingerprint density at radius 1 is 1.36 bits per heavy atom. The summed E-state index contributed by atoms with van der Waals surface area (Å²) in [6.07, 6.45) is -5.39. The van der Waals surface area contributed by atoms with Crippen LogP contribution in [0.5, 0.6) is 5.88 Å². The quantitative estimate of drug-likeness (QED) is 0.485. The minimum Gasteiger partial charge on any atom is -0.447 e. The summed E-state index contributed by atoms with van der Waals surface area (Å²) in [5.41, 5.74) is -0.726. The molecule has 136 valence electrons. The lowest BCUT2D eigenvalue weighted by atomic mass is 9.97. The fourth-order valence-electron chi connectivity index (χ4n) is 2.84. The SMILES string of the molecule is CC(=O)N[C@H]1[C@H](Oc2cc3ccccc3[nH]2)O[C@H]([C@@H](O)Cl)[C@H](O)[C@@H]1O. The number of aromatic amines is 1. The highest BCUT2D eigenvalue weighted by Gasteiger charge is 2.48. The van der Waals surface area contributed by atoms with E-state index >= 15 is 0 Å². The molecule has 0 saturated carbocycles. The molecule has 6 atom stereocenters. The molecule has 5 N–H and O–H groups in total. The molecule has 1 fully saturated rings. The van der Waals surface area contributed by atoms with Crippen LogP contribution in [0.25, 0.3) is 10.9 Å². The molecule has 9 heteroatoms. The summed E-state index contributed by atoms with van der Waals surface area (Å²) in [7, 11) is 0. The molecule has 1 saturated heterocycles. The van der Waals surface area contributed by atoms with Gasteiger partial charge in [0.15, 0.2) is 11.4 Å². The number of aromatic nitrogens is 1. The fourth-order valence-corrected chi connectivity index (χ4v) is 3.05. The molecule has 1 amide bonds. The van der Waals surface area contributed by atoms with E-state index in [1.54, 1.807) is 6.07 Å². The molecule has 0 unspecified atom stereocenters. The van der Waals surface area contributed by atoms with E-state index in [1.165, 1.54) is 6.92 Å². The van der Waals surface area contributed by atoms with E-state index in [2.05, 4.69) is 10.3 Å². The van der Waals surface area contributed by atoms with Crippen molar-refractivity contribution in [1.29, 1.82) is 0 Å². The van der Waals surface area contributed by atoms with Gasteiger partial charge in [-0.25, -0.2) is 0 Å². The highest BCUT2D eigenvalue weighted by Crippen LogP contribution is 2.28. The first kappa shape index (κ1) is 18.0. The number of benzene rings is 1. The molecule has 2 heterocycles. The Kier molecular flexibility index (Phi) is 5.16. The molecule has 1 aliphatic rings. The number of H-pyrrole nitrogens is 1. The number of carbonyl (C=O) groups excluding carboxylic acids is 1. The summed E-state index contributed by atoms with van der Waals surface area (Å²) in [4.78, 5) is 14.5. The van der Waals surface area contributed by atoms with Gasteiger partial charge < -0.3 is 35.1 Å². The summed E-state index contributed by atoms with van der Waals surface area (Å²) in [6, 6.07) is 8.16. The van der Waals surface area contributed by atoms with Gasteiger partial charge in [0.25, 0.3) is 0 Å². The highest BCUT2D eigenvalue weighted by atomic mass is 35.5. The van der Waals surface area contributed by atoms with Gasteiger partial charge in [0.2, 0.25) is 12.2 Å². The standard InChI is InChI=1S/C16H19ClN2O6/c1-7(20)18-11-12(21)13(22)14(15(17)23)25-16(11)24-10-6-8-4-2-3-5-9(8)19-10/h2-6,11-16,19,21-23H,1H3,(H,18,20)/t11-,12-,13-,14+,15-,16-/m1/s1. The second kappa shape index (κ2) is 7.19. The van der Waals surface area contributed by atoms with Crippen LogP contribution in [-0.4, -0.2) is 62.4 Å². The number of halogens is 1. The van der Waals surface area contributed by atoms with Crippen molar-refractivity contribution < 1.29 is 29.6 Å². The molecule has 0 bridgehead atoms. The molecule has 0 aliphatic carbocycles. The molecule has 1 aromatic heterocycles. The Morgan fingerprint density at radius 3 is 2.72 bits per heavy atom. The van der Waals surface area contributed by atoms with Crippen molar-refractivity contribution in [2.75, 3.05) is 0 Å². The maximum absolute atomic E-state index is 11.4. The van der Waals surface area contributed by atoms with E-state index in [0.29, 0.717) is 5.88 Å². The van der Waals surface area contributed by atoms with Crippen LogP contribution in [-0.2, 0) is 9.53 Å². The number of aliphatic hydroxyl groups excluding tert-OH is 3. The van der Waals surface area contributed by atoms with Crippen LogP contribution in [0.4, 0.5) is 0 Å². The van der Waals surface area contributed by atoms with E-state index in [0.717, 1.165) is 10.9 Å². The van der Waals surface area contributed by atoms with Crippen LogP contribution in [0.2, 0.25) is 0 Å². The molecule has 8 nitrogen and oxygen atoms in total. The fraction of sp³-hybridized carbons (Fsp3) is 0.438. The maximum atomic E-state index is 11.4. The number of para-hydroxylation sites is 1. The van der Waals surface area contributed by atoms with Crippen molar-refractivity contribution in [3.05, 3.63) is 30.3 Å². The summed E-state index contributed by atoms with van der Waals surface area (Å²) in [5.74, 6) is -0.0945. The van der Waals surface area contributed by atoms with E-state index < -0.39 is 42.1 Å². The Morgan fingerprint density at radius 2 is 2.08 bits per heavy atom. The van der Waals surface area contributed by atoms with E-state index in [1.807, 2.05) is 24.3 Å². The number of rotatable bonds is 4. The molecule has 0 radical (unpaired) electrons. The van der Waals surface area contributed by atoms with Crippen LogP contribution >= 0.6 is 11.6 Å². The monoisotopic (exact) mass is 370 g/mol. The zero-order valence-corrected chi connectivity index (χ0v) is 14.1. The summed E-state index contributed by atoms with van der Waals surface area (Å²) in [5, 5.41) is 33.3. The third-order valence-electron chi connectivity index (χ3n) is 4.03. The molecule has 1 aliphatic heterocycles. The van der Waals surface area contributed by atoms with Crippen molar-refractivity contribution in [3.8, 4) is 5.88 Å². The molecule has 25 heavy (non-hydrogen) atoms. The van der Waals surface area contributed by atoms with Gasteiger partial charge in [-0.1, -0.05) is 29.8 Å². The number of hydrogen-bond acceptors (Lipinski definition) is 6. The number of fused-ring (bicyclic) bond motifs is 1. The van der Waals surface area contributed by atoms with Crippen molar-refractivity contribution >= 4 is 28.4 Å². The van der Waals surface area contributed by atoms with Crippen LogP contribution in [0.3, 0.4) is 0 Å². The first-order valence-electron chi connectivity index (χ1n) is 7.72. The van der Waals surface area contributed by atoms with Gasteiger partial charge >= 0.3 is 0 Å². The highest BCUT2D eigenvalue weighted by molar-refractivity contribution is 6.19. The Labute approximate surface area is 148 Å². The van der Waals surface area contributed by atoms with Crippen molar-refractivity contribution in [1.82, 2.24) is 10.3 Å². The van der Waals surface area contributed by atoms with Gasteiger partial charge in [-0.05, 0) is 6.07 Å². The third kappa shape index (κ3) is 3.73. The minimum atomic E-state index is -1.56. The van der Waals surface area contributed by atoms with Gasteiger partial charge in [0.05, 0.1) is 0 Å².